The van der Waals surface area contributed by atoms with Crippen LogP contribution in [0, 0.1) is 5.92 Å². The largest absolute Gasteiger partial charge is 0.326 e. The maximum Gasteiger partial charge on any atom is 0.0196 e. The molecule has 2 aliphatic rings. The van der Waals surface area contributed by atoms with Crippen molar-refractivity contribution >= 4 is 0 Å². The molecule has 2 rings (SSSR count). The smallest absolute Gasteiger partial charge is 0.0196 e. The Morgan fingerprint density at radius 1 is 1.40 bits per heavy atom. The summed E-state index contributed by atoms with van der Waals surface area (Å²) in [4.78, 5) is 2.46. The summed E-state index contributed by atoms with van der Waals surface area (Å²) in [6, 6.07) is 0.486. The second-order valence-electron chi connectivity index (χ2n) is 3.66. The zero-order valence-electron chi connectivity index (χ0n) is 6.42. The third kappa shape index (κ3) is 1.32. The van der Waals surface area contributed by atoms with E-state index in [4.69, 9.17) is 5.73 Å². The van der Waals surface area contributed by atoms with Gasteiger partial charge in [-0.05, 0) is 38.3 Å². The molecule has 2 nitrogen and oxygen atoms in total. The highest BCUT2D eigenvalue weighted by Gasteiger charge is 2.30. The quantitative estimate of drug-likeness (QED) is 0.616. The van der Waals surface area contributed by atoms with Crippen LogP contribution in [0.4, 0.5) is 0 Å². The van der Waals surface area contributed by atoms with Crippen LogP contribution >= 0.6 is 0 Å². The summed E-state index contributed by atoms with van der Waals surface area (Å²) in [6.45, 7) is 3.74. The first-order valence-corrected chi connectivity index (χ1v) is 4.34. The van der Waals surface area contributed by atoms with Crippen LogP contribution in [0.1, 0.15) is 19.3 Å². The van der Waals surface area contributed by atoms with E-state index in [1.807, 2.05) is 0 Å². The lowest BCUT2D eigenvalue weighted by atomic mass is 10.1. The Hall–Kier alpha value is -0.0800. The van der Waals surface area contributed by atoms with Crippen LogP contribution in [0.3, 0.4) is 0 Å². The van der Waals surface area contributed by atoms with E-state index < -0.39 is 0 Å². The second-order valence-corrected chi connectivity index (χ2v) is 3.66. The molecule has 2 heteroatoms. The average molecular weight is 140 g/mol. The minimum absolute atomic E-state index is 0.486. The molecule has 1 aliphatic carbocycles. The van der Waals surface area contributed by atoms with Crippen molar-refractivity contribution in [3.8, 4) is 0 Å². The molecule has 0 aromatic rings. The number of hydrogen-bond acceptors (Lipinski definition) is 2. The zero-order chi connectivity index (χ0) is 6.97. The molecule has 58 valence electrons. The van der Waals surface area contributed by atoms with Crippen LogP contribution in [-0.2, 0) is 0 Å². The van der Waals surface area contributed by atoms with Gasteiger partial charge in [0.25, 0.3) is 0 Å². The molecule has 0 aromatic heterocycles. The maximum absolute atomic E-state index is 5.95. The van der Waals surface area contributed by atoms with E-state index >= 15 is 0 Å². The Morgan fingerprint density at radius 3 is 2.50 bits per heavy atom. The van der Waals surface area contributed by atoms with E-state index in [0.717, 1.165) is 12.5 Å². The van der Waals surface area contributed by atoms with Gasteiger partial charge in [-0.15, -0.1) is 0 Å². The Morgan fingerprint density at radius 2 is 2.10 bits per heavy atom. The average Bonchev–Trinajstić information content (AvgIpc) is 2.58. The number of rotatable bonds is 3. The Kier molecular flexibility index (Phi) is 1.66. The van der Waals surface area contributed by atoms with Crippen molar-refractivity contribution in [1.29, 1.82) is 0 Å². The first-order valence-electron chi connectivity index (χ1n) is 4.34. The highest BCUT2D eigenvalue weighted by molar-refractivity contribution is 4.87. The van der Waals surface area contributed by atoms with Crippen LogP contribution < -0.4 is 5.73 Å². The molecule has 1 unspecified atom stereocenters. The highest BCUT2D eigenvalue weighted by atomic mass is 15.2. The van der Waals surface area contributed by atoms with E-state index in [9.17, 15) is 0 Å². The Bertz CT molecular complexity index is 116. The SMILES string of the molecule is NC(CN1CCC1)C1CC1. The molecular weight excluding hydrogens is 124 g/mol. The molecule has 2 fully saturated rings. The minimum atomic E-state index is 0.486. The predicted molar refractivity (Wildman–Crippen MR) is 41.8 cm³/mol. The first-order chi connectivity index (χ1) is 4.86. The summed E-state index contributed by atoms with van der Waals surface area (Å²) in [5.74, 6) is 0.876. The van der Waals surface area contributed by atoms with E-state index in [-0.39, 0.29) is 0 Å². The van der Waals surface area contributed by atoms with Gasteiger partial charge in [0.2, 0.25) is 0 Å². The van der Waals surface area contributed by atoms with Crippen molar-refractivity contribution < 1.29 is 0 Å². The van der Waals surface area contributed by atoms with Crippen molar-refractivity contribution in [1.82, 2.24) is 4.90 Å². The lowest BCUT2D eigenvalue weighted by molar-refractivity contribution is 0.165. The van der Waals surface area contributed by atoms with Crippen molar-refractivity contribution in [3.05, 3.63) is 0 Å². The molecule has 1 saturated carbocycles. The maximum atomic E-state index is 5.95. The standard InChI is InChI=1S/C8H16N2/c9-8(7-2-3-7)6-10-4-1-5-10/h7-8H,1-6,9H2. The Labute approximate surface area is 62.4 Å². The summed E-state index contributed by atoms with van der Waals surface area (Å²) in [5, 5.41) is 0. The molecule has 2 N–H and O–H groups in total. The normalized spacial score (nSPS) is 29.7. The van der Waals surface area contributed by atoms with Crippen molar-refractivity contribution in [3.63, 3.8) is 0 Å². The molecule has 1 atom stereocenters. The predicted octanol–water partition coefficient (Wildman–Crippen LogP) is 0.429. The molecule has 0 bridgehead atoms. The fourth-order valence-corrected chi connectivity index (χ4v) is 1.54. The van der Waals surface area contributed by atoms with E-state index in [2.05, 4.69) is 4.90 Å². The molecule has 1 aliphatic heterocycles. The van der Waals surface area contributed by atoms with Gasteiger partial charge in [0, 0.05) is 12.6 Å². The van der Waals surface area contributed by atoms with E-state index in [1.54, 1.807) is 0 Å². The van der Waals surface area contributed by atoms with Gasteiger partial charge in [-0.2, -0.15) is 0 Å². The van der Waals surface area contributed by atoms with Crippen molar-refractivity contribution in [2.45, 2.75) is 25.3 Å². The highest BCUT2D eigenvalue weighted by Crippen LogP contribution is 2.32. The Balaban J connectivity index is 1.67. The van der Waals surface area contributed by atoms with Crippen LogP contribution in [0.15, 0.2) is 0 Å². The topological polar surface area (TPSA) is 29.3 Å². The summed E-state index contributed by atoms with van der Waals surface area (Å²) in [6.07, 6.45) is 4.15. The first kappa shape index (κ1) is 6.62. The lowest BCUT2D eigenvalue weighted by Gasteiger charge is -2.32. The van der Waals surface area contributed by atoms with Gasteiger partial charge in [-0.1, -0.05) is 0 Å². The molecule has 10 heavy (non-hydrogen) atoms. The van der Waals surface area contributed by atoms with Crippen molar-refractivity contribution in [2.24, 2.45) is 11.7 Å². The van der Waals surface area contributed by atoms with Crippen LogP contribution in [0.25, 0.3) is 0 Å². The lowest BCUT2D eigenvalue weighted by Crippen LogP contribution is -2.45. The summed E-state index contributed by atoms with van der Waals surface area (Å²) in [5.41, 5.74) is 5.95. The van der Waals surface area contributed by atoms with Gasteiger partial charge in [-0.3, -0.25) is 0 Å². The second kappa shape index (κ2) is 2.51. The fraction of sp³-hybridized carbons (Fsp3) is 1.00. The fourth-order valence-electron chi connectivity index (χ4n) is 1.54. The monoisotopic (exact) mass is 140 g/mol. The molecular formula is C8H16N2. The number of nitrogens with two attached hydrogens (primary N) is 1. The molecule has 1 saturated heterocycles. The van der Waals surface area contributed by atoms with Crippen LogP contribution in [-0.4, -0.2) is 30.6 Å². The van der Waals surface area contributed by atoms with Gasteiger partial charge in [0.15, 0.2) is 0 Å². The number of hydrogen-bond donors (Lipinski definition) is 1. The van der Waals surface area contributed by atoms with Crippen LogP contribution in [0.2, 0.25) is 0 Å². The minimum Gasteiger partial charge on any atom is -0.326 e. The third-order valence-electron chi connectivity index (χ3n) is 2.65. The van der Waals surface area contributed by atoms with Gasteiger partial charge in [0.1, 0.15) is 0 Å². The molecule has 0 radical (unpaired) electrons. The third-order valence-corrected chi connectivity index (χ3v) is 2.65. The van der Waals surface area contributed by atoms with Gasteiger partial charge < -0.3 is 10.6 Å². The number of nitrogens with zero attached hydrogens (tertiary/aromatic N) is 1. The summed E-state index contributed by atoms with van der Waals surface area (Å²) >= 11 is 0. The molecule has 0 aromatic carbocycles. The number of likely N-dealkylation sites (tertiary alicyclic amines) is 1. The van der Waals surface area contributed by atoms with E-state index in [1.165, 1.54) is 32.4 Å². The summed E-state index contributed by atoms with van der Waals surface area (Å²) in [7, 11) is 0. The van der Waals surface area contributed by atoms with Gasteiger partial charge in [0.05, 0.1) is 0 Å². The molecule has 0 spiro atoms. The molecule has 1 heterocycles. The summed E-state index contributed by atoms with van der Waals surface area (Å²) < 4.78 is 0. The van der Waals surface area contributed by atoms with E-state index in [0.29, 0.717) is 6.04 Å². The van der Waals surface area contributed by atoms with Crippen molar-refractivity contribution in [2.75, 3.05) is 19.6 Å². The van der Waals surface area contributed by atoms with Crippen LogP contribution in [0.5, 0.6) is 0 Å². The van der Waals surface area contributed by atoms with Gasteiger partial charge >= 0.3 is 0 Å². The zero-order valence-corrected chi connectivity index (χ0v) is 6.42. The molecule has 0 amide bonds. The van der Waals surface area contributed by atoms with Gasteiger partial charge in [-0.25, -0.2) is 0 Å².